The van der Waals surface area contributed by atoms with Gasteiger partial charge in [0.1, 0.15) is 18.2 Å². The van der Waals surface area contributed by atoms with Crippen LogP contribution >= 0.6 is 0 Å². The summed E-state index contributed by atoms with van der Waals surface area (Å²) in [4.78, 5) is 33.4. The first kappa shape index (κ1) is 17.7. The maximum absolute atomic E-state index is 12.4. The van der Waals surface area contributed by atoms with E-state index in [4.69, 9.17) is 0 Å². The lowest BCUT2D eigenvalue weighted by Crippen LogP contribution is -2.32. The molecule has 0 fully saturated rings. The molecule has 0 aliphatic rings. The lowest BCUT2D eigenvalue weighted by atomic mass is 10.2. The maximum Gasteiger partial charge on any atom is 0.329 e. The first-order valence-corrected chi connectivity index (χ1v) is 8.91. The van der Waals surface area contributed by atoms with Crippen LogP contribution in [0.1, 0.15) is 11.4 Å². The molecular formula is C20H20N6O2. The Hall–Kier alpha value is -3.68. The molecule has 1 aromatic carbocycles. The topological polar surface area (TPSA) is 86.7 Å². The van der Waals surface area contributed by atoms with Gasteiger partial charge in [0.15, 0.2) is 0 Å². The highest BCUT2D eigenvalue weighted by Gasteiger charge is 2.13. The lowest BCUT2D eigenvalue weighted by Gasteiger charge is -2.08. The minimum Gasteiger partial charge on any atom is -0.350 e. The van der Waals surface area contributed by atoms with Crippen LogP contribution in [0.4, 0.5) is 0 Å². The molecule has 3 heterocycles. The number of carbonyl (C=O) groups excluding carboxylic acids is 1. The standard InChI is InChI=1S/C20H20N6O2/c1-14-21-9-10-25(14)18-8-7-15(11-22-18)12-23-19(27)13-26-17-6-4-3-5-16(17)24(2)20(26)28/h3-11H,12-13H2,1-2H3,(H,23,27). The number of rotatable bonds is 5. The molecule has 0 unspecified atom stereocenters. The van der Waals surface area contributed by atoms with Crippen molar-refractivity contribution in [2.45, 2.75) is 20.0 Å². The molecule has 0 saturated carbocycles. The van der Waals surface area contributed by atoms with E-state index in [0.717, 1.165) is 28.2 Å². The number of fused-ring (bicyclic) bond motifs is 1. The first-order valence-electron chi connectivity index (χ1n) is 8.91. The summed E-state index contributed by atoms with van der Waals surface area (Å²) in [5.41, 5.74) is 2.21. The molecule has 8 heteroatoms. The minimum atomic E-state index is -0.229. The zero-order valence-electron chi connectivity index (χ0n) is 15.7. The number of hydrogen-bond donors (Lipinski definition) is 1. The number of pyridine rings is 1. The van der Waals surface area contributed by atoms with Crippen molar-refractivity contribution >= 4 is 16.9 Å². The Labute approximate surface area is 161 Å². The highest BCUT2D eigenvalue weighted by molar-refractivity contribution is 5.80. The molecule has 0 saturated heterocycles. The van der Waals surface area contributed by atoms with Gasteiger partial charge in [-0.1, -0.05) is 18.2 Å². The summed E-state index contributed by atoms with van der Waals surface area (Å²) in [5, 5.41) is 2.85. The van der Waals surface area contributed by atoms with E-state index in [-0.39, 0.29) is 18.1 Å². The number of nitrogens with zero attached hydrogens (tertiary/aromatic N) is 5. The number of hydrogen-bond acceptors (Lipinski definition) is 4. The van der Waals surface area contributed by atoms with E-state index in [1.54, 1.807) is 24.0 Å². The normalized spacial score (nSPS) is 11.1. The van der Waals surface area contributed by atoms with E-state index >= 15 is 0 Å². The fourth-order valence-corrected chi connectivity index (χ4v) is 3.20. The van der Waals surface area contributed by atoms with Crippen molar-refractivity contribution in [1.29, 1.82) is 0 Å². The second kappa shape index (κ2) is 7.15. The van der Waals surface area contributed by atoms with Gasteiger partial charge in [-0.05, 0) is 30.7 Å². The van der Waals surface area contributed by atoms with Crippen LogP contribution in [-0.4, -0.2) is 29.6 Å². The third kappa shape index (κ3) is 3.20. The number of benzene rings is 1. The molecule has 4 rings (SSSR count). The van der Waals surface area contributed by atoms with Gasteiger partial charge in [0.2, 0.25) is 5.91 Å². The van der Waals surface area contributed by atoms with Crippen molar-refractivity contribution in [1.82, 2.24) is 29.0 Å². The van der Waals surface area contributed by atoms with Gasteiger partial charge >= 0.3 is 5.69 Å². The van der Waals surface area contributed by atoms with E-state index in [9.17, 15) is 9.59 Å². The third-order valence-electron chi connectivity index (χ3n) is 4.72. The Morgan fingerprint density at radius 1 is 1.11 bits per heavy atom. The van der Waals surface area contributed by atoms with Gasteiger partial charge in [0, 0.05) is 32.2 Å². The molecule has 0 atom stereocenters. The first-order chi connectivity index (χ1) is 13.5. The number of nitrogens with one attached hydrogen (secondary N) is 1. The van der Waals surface area contributed by atoms with E-state index in [2.05, 4.69) is 15.3 Å². The number of carbonyl (C=O) groups is 1. The predicted molar refractivity (Wildman–Crippen MR) is 105 cm³/mol. The molecule has 1 N–H and O–H groups in total. The summed E-state index contributed by atoms with van der Waals surface area (Å²) in [7, 11) is 1.70. The van der Waals surface area contributed by atoms with E-state index in [1.165, 1.54) is 4.57 Å². The van der Waals surface area contributed by atoms with Crippen molar-refractivity contribution < 1.29 is 4.79 Å². The van der Waals surface area contributed by atoms with Gasteiger partial charge in [0.05, 0.1) is 11.0 Å². The van der Waals surface area contributed by atoms with Gasteiger partial charge in [-0.3, -0.25) is 18.5 Å². The summed E-state index contributed by atoms with van der Waals surface area (Å²) in [6.45, 7) is 2.22. The van der Waals surface area contributed by atoms with Crippen LogP contribution in [0, 0.1) is 6.92 Å². The molecule has 3 aromatic heterocycles. The summed E-state index contributed by atoms with van der Waals surface area (Å²) < 4.78 is 4.91. The molecule has 8 nitrogen and oxygen atoms in total. The number of imidazole rings is 2. The van der Waals surface area contributed by atoms with Crippen LogP contribution in [0.3, 0.4) is 0 Å². The average molecular weight is 376 g/mol. The predicted octanol–water partition coefficient (Wildman–Crippen LogP) is 1.55. The van der Waals surface area contributed by atoms with Crippen molar-refractivity contribution in [3.05, 3.63) is 76.9 Å². The third-order valence-corrected chi connectivity index (χ3v) is 4.72. The zero-order valence-corrected chi connectivity index (χ0v) is 15.7. The van der Waals surface area contributed by atoms with Gasteiger partial charge in [-0.2, -0.15) is 0 Å². The second-order valence-electron chi connectivity index (χ2n) is 6.56. The molecule has 0 spiro atoms. The molecule has 0 aliphatic carbocycles. The van der Waals surface area contributed by atoms with Crippen molar-refractivity contribution in [3.63, 3.8) is 0 Å². The van der Waals surface area contributed by atoms with Crippen LogP contribution in [-0.2, 0) is 24.9 Å². The maximum atomic E-state index is 12.4. The number of aryl methyl sites for hydroxylation is 2. The lowest BCUT2D eigenvalue weighted by molar-refractivity contribution is -0.121. The smallest absolute Gasteiger partial charge is 0.329 e. The number of amides is 1. The minimum absolute atomic E-state index is 0.0278. The van der Waals surface area contributed by atoms with Gasteiger partial charge < -0.3 is 5.32 Å². The molecule has 4 aromatic rings. The fraction of sp³-hybridized carbons (Fsp3) is 0.200. The molecule has 0 aliphatic heterocycles. The number of para-hydroxylation sites is 2. The van der Waals surface area contributed by atoms with Gasteiger partial charge in [-0.15, -0.1) is 0 Å². The Morgan fingerprint density at radius 3 is 2.57 bits per heavy atom. The highest BCUT2D eigenvalue weighted by Crippen LogP contribution is 2.11. The van der Waals surface area contributed by atoms with E-state index in [0.29, 0.717) is 6.54 Å². The zero-order chi connectivity index (χ0) is 19.7. The van der Waals surface area contributed by atoms with Crippen LogP contribution in [0.15, 0.2) is 59.8 Å². The number of aromatic nitrogens is 5. The Balaban J connectivity index is 1.44. The molecule has 0 radical (unpaired) electrons. The molecular weight excluding hydrogens is 356 g/mol. The summed E-state index contributed by atoms with van der Waals surface area (Å²) in [5.74, 6) is 1.40. The van der Waals surface area contributed by atoms with Crippen molar-refractivity contribution in [2.75, 3.05) is 0 Å². The van der Waals surface area contributed by atoms with Crippen LogP contribution in [0.2, 0.25) is 0 Å². The average Bonchev–Trinajstić information content (AvgIpc) is 3.24. The SMILES string of the molecule is Cc1nccn1-c1ccc(CNC(=O)Cn2c(=O)n(C)c3ccccc32)cn1. The van der Waals surface area contributed by atoms with E-state index < -0.39 is 0 Å². The van der Waals surface area contributed by atoms with Gasteiger partial charge in [0.25, 0.3) is 0 Å². The molecule has 28 heavy (non-hydrogen) atoms. The van der Waals surface area contributed by atoms with Crippen molar-refractivity contribution in [3.8, 4) is 5.82 Å². The van der Waals surface area contributed by atoms with Crippen LogP contribution in [0.5, 0.6) is 0 Å². The molecule has 0 bridgehead atoms. The van der Waals surface area contributed by atoms with Crippen LogP contribution in [0.25, 0.3) is 16.9 Å². The quantitative estimate of drug-likeness (QED) is 0.572. The Bertz CT molecular complexity index is 1200. The second-order valence-corrected chi connectivity index (χ2v) is 6.56. The van der Waals surface area contributed by atoms with Gasteiger partial charge in [-0.25, -0.2) is 14.8 Å². The Morgan fingerprint density at radius 2 is 1.89 bits per heavy atom. The Kier molecular flexibility index (Phi) is 4.52. The molecule has 1 amide bonds. The van der Waals surface area contributed by atoms with Crippen molar-refractivity contribution in [2.24, 2.45) is 7.05 Å². The summed E-state index contributed by atoms with van der Waals surface area (Å²) in [6.07, 6.45) is 5.29. The largest absolute Gasteiger partial charge is 0.350 e. The molecule has 142 valence electrons. The fourth-order valence-electron chi connectivity index (χ4n) is 3.20. The summed E-state index contributed by atoms with van der Waals surface area (Å²) in [6, 6.07) is 11.2. The highest BCUT2D eigenvalue weighted by atomic mass is 16.2. The summed E-state index contributed by atoms with van der Waals surface area (Å²) >= 11 is 0. The van der Waals surface area contributed by atoms with E-state index in [1.807, 2.05) is 54.1 Å². The van der Waals surface area contributed by atoms with Crippen LogP contribution < -0.4 is 11.0 Å². The monoisotopic (exact) mass is 376 g/mol.